The van der Waals surface area contributed by atoms with Crippen LogP contribution in [0.3, 0.4) is 0 Å². The summed E-state index contributed by atoms with van der Waals surface area (Å²) in [5.74, 6) is -1.01. The normalized spacial score (nSPS) is 13.7. The van der Waals surface area contributed by atoms with Crippen molar-refractivity contribution in [3.8, 4) is 0 Å². The molecule has 0 aliphatic rings. The molecule has 0 aromatic heterocycles. The number of likely N-dealkylation sites (N-methyl/N-ethyl adjacent to an activating group) is 1. The van der Waals surface area contributed by atoms with E-state index >= 15 is 0 Å². The molecule has 0 aliphatic carbocycles. The minimum absolute atomic E-state index is 0.182. The molecule has 0 aromatic carbocycles. The van der Waals surface area contributed by atoms with Crippen LogP contribution in [0.5, 0.6) is 0 Å². The second kappa shape index (κ2) is 10.2. The van der Waals surface area contributed by atoms with Gasteiger partial charge in [-0.2, -0.15) is 0 Å². The molecule has 0 amide bonds. The number of ether oxygens (including phenoxy) is 1. The predicted octanol–water partition coefficient (Wildman–Crippen LogP) is 2.49. The molecule has 0 aromatic rings. The molecule has 0 rings (SSSR count). The van der Waals surface area contributed by atoms with E-state index in [9.17, 15) is 14.7 Å². The molecular weight excluding hydrogens is 286 g/mol. The molecule has 6 heteroatoms. The lowest BCUT2D eigenvalue weighted by atomic mass is 10.2. The maximum Gasteiger partial charge on any atom is 0.307 e. The predicted molar refractivity (Wildman–Crippen MR) is 84.5 cm³/mol. The first kappa shape index (κ1) is 20.4. The monoisotopic (exact) mass is 316 g/mol. The second-order valence-corrected chi connectivity index (χ2v) is 6.52. The van der Waals surface area contributed by atoms with Gasteiger partial charge in [-0.3, -0.25) is 9.59 Å². The van der Waals surface area contributed by atoms with Crippen LogP contribution in [0.4, 0.5) is 0 Å². The summed E-state index contributed by atoms with van der Waals surface area (Å²) < 4.78 is 5.80. The van der Waals surface area contributed by atoms with Gasteiger partial charge < -0.3 is 19.4 Å². The zero-order valence-electron chi connectivity index (χ0n) is 14.2. The van der Waals surface area contributed by atoms with Gasteiger partial charge in [0.25, 0.3) is 0 Å². The summed E-state index contributed by atoms with van der Waals surface area (Å²) in [7, 11) is 5.76. The molecule has 0 saturated heterocycles. The number of hydrogen-bond acceptors (Lipinski definition) is 4. The van der Waals surface area contributed by atoms with Crippen LogP contribution in [0.15, 0.2) is 11.8 Å². The Morgan fingerprint density at radius 1 is 1.18 bits per heavy atom. The third-order valence-corrected chi connectivity index (χ3v) is 2.92. The average molecular weight is 316 g/mol. The van der Waals surface area contributed by atoms with Gasteiger partial charge in [-0.1, -0.05) is 6.92 Å². The number of allylic oxidation sites excluding steroid dienone is 2. The third kappa shape index (κ3) is 12.2. The number of hydrogen-bond donors (Lipinski definition) is 2. The number of carbonyl (C=O) groups is 2. The van der Waals surface area contributed by atoms with Crippen LogP contribution in [0, 0.1) is 0 Å². The van der Waals surface area contributed by atoms with Crippen molar-refractivity contribution in [3.63, 3.8) is 0 Å². The number of aliphatic carboxylic acids is 1. The lowest BCUT2D eigenvalue weighted by Gasteiger charge is -2.28. The number of aliphatic hydroxyl groups is 1. The maximum atomic E-state index is 11.8. The van der Waals surface area contributed by atoms with E-state index in [1.54, 1.807) is 6.08 Å². The average Bonchev–Trinajstić information content (AvgIpc) is 2.32. The zero-order valence-corrected chi connectivity index (χ0v) is 14.2. The fraction of sp³-hybridized carbons (Fsp3) is 0.750. The van der Waals surface area contributed by atoms with Crippen LogP contribution in [0.1, 0.15) is 45.4 Å². The molecule has 0 fully saturated rings. The number of unbranched alkanes of at least 4 members (excludes halogenated alkanes) is 1. The smallest absolute Gasteiger partial charge is 0.307 e. The Morgan fingerprint density at radius 2 is 1.82 bits per heavy atom. The van der Waals surface area contributed by atoms with Gasteiger partial charge in [0, 0.05) is 12.8 Å². The molecule has 0 saturated carbocycles. The van der Waals surface area contributed by atoms with E-state index in [4.69, 9.17) is 9.84 Å². The molecule has 22 heavy (non-hydrogen) atoms. The Balaban J connectivity index is 4.22. The minimum Gasteiger partial charge on any atom is -0.513 e. The minimum atomic E-state index is -0.973. The molecule has 0 heterocycles. The van der Waals surface area contributed by atoms with Crippen LogP contribution in [0.2, 0.25) is 0 Å². The number of aliphatic hydroxyl groups excluding tert-OH is 1. The number of quaternary nitrogens is 1. The molecule has 0 radical (unpaired) electrons. The highest BCUT2D eigenvalue weighted by Gasteiger charge is 2.24. The first-order valence-corrected chi connectivity index (χ1v) is 7.73. The molecular formula is C16H30NO5+. The number of carbonyl (C=O) groups excluding carboxylic acids is 1. The van der Waals surface area contributed by atoms with Gasteiger partial charge >= 0.3 is 11.9 Å². The molecule has 1 unspecified atom stereocenters. The fourth-order valence-electron chi connectivity index (χ4n) is 2.07. The van der Waals surface area contributed by atoms with Gasteiger partial charge in [0.05, 0.1) is 33.3 Å². The van der Waals surface area contributed by atoms with Crippen molar-refractivity contribution in [2.24, 2.45) is 0 Å². The third-order valence-electron chi connectivity index (χ3n) is 2.92. The van der Waals surface area contributed by atoms with Crippen molar-refractivity contribution in [1.29, 1.82) is 0 Å². The molecule has 128 valence electrons. The lowest BCUT2D eigenvalue weighted by molar-refractivity contribution is -0.873. The zero-order chi connectivity index (χ0) is 17.2. The largest absolute Gasteiger partial charge is 0.513 e. The topological polar surface area (TPSA) is 83.8 Å². The Morgan fingerprint density at radius 3 is 2.32 bits per heavy atom. The first-order valence-electron chi connectivity index (χ1n) is 7.73. The summed E-state index contributed by atoms with van der Waals surface area (Å²) in [6.07, 6.45) is 3.87. The van der Waals surface area contributed by atoms with Gasteiger partial charge in [-0.05, 0) is 25.3 Å². The summed E-state index contributed by atoms with van der Waals surface area (Å²) in [4.78, 5) is 22.6. The standard InChI is InChI=1S/C16H29NO5/c1-5-8-13(18)9-6-7-10-16(21)22-14(11-15(19)20)12-17(2,3)4/h9,14H,5-8,10-12H2,1-4H3,(H-,18,19,20)/p+1/b13-9-. The molecule has 6 nitrogen and oxygen atoms in total. The molecule has 0 bridgehead atoms. The second-order valence-electron chi connectivity index (χ2n) is 6.52. The first-order chi connectivity index (χ1) is 10.1. The number of carboxylic acids is 1. The SMILES string of the molecule is CCC/C(O)=C/CCCC(=O)OC(CC(=O)O)C[N+](C)(C)C. The molecule has 2 N–H and O–H groups in total. The van der Waals surface area contributed by atoms with Gasteiger partial charge in [0.15, 0.2) is 6.10 Å². The summed E-state index contributed by atoms with van der Waals surface area (Å²) in [6, 6.07) is 0. The van der Waals surface area contributed by atoms with E-state index in [-0.39, 0.29) is 18.8 Å². The number of nitrogens with zero attached hydrogens (tertiary/aromatic N) is 1. The van der Waals surface area contributed by atoms with E-state index in [0.29, 0.717) is 36.0 Å². The van der Waals surface area contributed by atoms with E-state index in [0.717, 1.165) is 6.42 Å². The van der Waals surface area contributed by atoms with Crippen molar-refractivity contribution in [2.75, 3.05) is 27.7 Å². The Bertz CT molecular complexity index is 384. The Hall–Kier alpha value is -1.56. The number of carboxylic acid groups (broad SMARTS) is 1. The quantitative estimate of drug-likeness (QED) is 0.265. The lowest BCUT2D eigenvalue weighted by Crippen LogP contribution is -2.43. The summed E-state index contributed by atoms with van der Waals surface area (Å²) in [6.45, 7) is 2.44. The summed E-state index contributed by atoms with van der Waals surface area (Å²) in [5, 5.41) is 18.3. The molecule has 0 aliphatic heterocycles. The van der Waals surface area contributed by atoms with Crippen molar-refractivity contribution in [2.45, 2.75) is 51.6 Å². The van der Waals surface area contributed by atoms with Gasteiger partial charge in [-0.15, -0.1) is 0 Å². The highest BCUT2D eigenvalue weighted by molar-refractivity contribution is 5.71. The fourth-order valence-corrected chi connectivity index (χ4v) is 2.07. The van der Waals surface area contributed by atoms with Crippen molar-refractivity contribution >= 4 is 11.9 Å². The highest BCUT2D eigenvalue weighted by atomic mass is 16.5. The summed E-state index contributed by atoms with van der Waals surface area (Å²) in [5.41, 5.74) is 0. The Labute approximate surface area is 133 Å². The van der Waals surface area contributed by atoms with Crippen LogP contribution in [-0.4, -0.2) is 60.4 Å². The number of esters is 1. The maximum absolute atomic E-state index is 11.8. The van der Waals surface area contributed by atoms with Crippen LogP contribution < -0.4 is 0 Å². The highest BCUT2D eigenvalue weighted by Crippen LogP contribution is 2.09. The van der Waals surface area contributed by atoms with Gasteiger partial charge in [0.1, 0.15) is 6.54 Å². The van der Waals surface area contributed by atoms with Crippen LogP contribution in [0.25, 0.3) is 0 Å². The van der Waals surface area contributed by atoms with E-state index in [1.807, 2.05) is 28.1 Å². The van der Waals surface area contributed by atoms with E-state index in [2.05, 4.69) is 0 Å². The van der Waals surface area contributed by atoms with Gasteiger partial charge in [0.2, 0.25) is 0 Å². The molecule has 0 spiro atoms. The van der Waals surface area contributed by atoms with Crippen molar-refractivity contribution < 1.29 is 29.0 Å². The van der Waals surface area contributed by atoms with Crippen molar-refractivity contribution in [3.05, 3.63) is 11.8 Å². The van der Waals surface area contributed by atoms with E-state index in [1.165, 1.54) is 0 Å². The van der Waals surface area contributed by atoms with Crippen LogP contribution in [-0.2, 0) is 14.3 Å². The Kier molecular flexibility index (Phi) is 9.49. The van der Waals surface area contributed by atoms with Gasteiger partial charge in [-0.25, -0.2) is 0 Å². The molecule has 1 atom stereocenters. The number of rotatable bonds is 11. The van der Waals surface area contributed by atoms with E-state index < -0.39 is 12.1 Å². The summed E-state index contributed by atoms with van der Waals surface area (Å²) >= 11 is 0. The van der Waals surface area contributed by atoms with Crippen LogP contribution >= 0.6 is 0 Å². The van der Waals surface area contributed by atoms with Crippen molar-refractivity contribution in [1.82, 2.24) is 0 Å².